The van der Waals surface area contributed by atoms with Crippen molar-refractivity contribution < 1.29 is 19.5 Å². The summed E-state index contributed by atoms with van der Waals surface area (Å²) in [7, 11) is 0. The van der Waals surface area contributed by atoms with E-state index >= 15 is 0 Å². The van der Waals surface area contributed by atoms with Crippen molar-refractivity contribution >= 4 is 85.9 Å². The maximum Gasteiger partial charge on any atom is 0.180 e. The summed E-state index contributed by atoms with van der Waals surface area (Å²) in [5.74, 6) is 0. The van der Waals surface area contributed by atoms with E-state index in [0.717, 1.165) is 16.7 Å². The molecule has 50 heavy (non-hydrogen) atoms. The van der Waals surface area contributed by atoms with Crippen molar-refractivity contribution in [2.24, 2.45) is 0 Å². The summed E-state index contributed by atoms with van der Waals surface area (Å²) >= 11 is 1.75. The van der Waals surface area contributed by atoms with E-state index in [1.807, 2.05) is 24.3 Å². The molecule has 3 aromatic heterocycles. The van der Waals surface area contributed by atoms with Crippen LogP contribution in [0.15, 0.2) is 162 Å². The summed E-state index contributed by atoms with van der Waals surface area (Å²) in [6.45, 7) is 0. The van der Waals surface area contributed by atoms with Crippen molar-refractivity contribution in [3.05, 3.63) is 158 Å². The summed E-state index contributed by atoms with van der Waals surface area (Å²) in [6.07, 6.45) is 1.45. The maximum absolute atomic E-state index is 9.64. The number of benzene rings is 8. The average molecular weight is 666 g/mol. The molecule has 0 bridgehead atoms. The summed E-state index contributed by atoms with van der Waals surface area (Å²) in [5.41, 5.74) is 5.15. The summed E-state index contributed by atoms with van der Waals surface area (Å²) in [4.78, 5) is 9.27. The van der Waals surface area contributed by atoms with Crippen LogP contribution >= 0.6 is 11.3 Å². The van der Waals surface area contributed by atoms with Gasteiger partial charge in [-0.05, 0) is 84.9 Å². The van der Waals surface area contributed by atoms with E-state index in [0.29, 0.717) is 33.3 Å². The van der Waals surface area contributed by atoms with Crippen LogP contribution in [0.3, 0.4) is 0 Å². The maximum atomic E-state index is 9.64. The SMILES string of the molecule is [2H]c1c([2H])c([2H])c2c(c1[2H])c1c([2H])c([2H])c([2H])c([2H])c1c1c([2H])c(-c3ccc4oc5c(-c6cccc(-c7cccc8c7sc7ccccc78)c6)ncnc5c4c3)c([2H])c([2H])c21. The molecule has 11 aromatic rings. The van der Waals surface area contributed by atoms with Crippen molar-refractivity contribution in [2.75, 3.05) is 0 Å². The highest BCUT2D eigenvalue weighted by Crippen LogP contribution is 2.42. The van der Waals surface area contributed by atoms with Crippen molar-refractivity contribution in [1.82, 2.24) is 9.97 Å². The number of thiophene rings is 1. The number of rotatable bonds is 3. The fraction of sp³-hybridized carbons (Fsp3) is 0. The van der Waals surface area contributed by atoms with Crippen molar-refractivity contribution in [3.63, 3.8) is 0 Å². The molecule has 0 atom stereocenters. The largest absolute Gasteiger partial charge is 0.452 e. The van der Waals surface area contributed by atoms with Gasteiger partial charge in [0.25, 0.3) is 0 Å². The van der Waals surface area contributed by atoms with Gasteiger partial charge in [-0.1, -0.05) is 121 Å². The van der Waals surface area contributed by atoms with Gasteiger partial charge in [-0.3, -0.25) is 0 Å². The summed E-state index contributed by atoms with van der Waals surface area (Å²) in [6, 6.07) is 22.0. The number of hydrogen-bond donors (Lipinski definition) is 0. The second kappa shape index (κ2) is 10.6. The van der Waals surface area contributed by atoms with Crippen LogP contribution < -0.4 is 0 Å². The zero-order valence-electron chi connectivity index (χ0n) is 36.9. The van der Waals surface area contributed by atoms with E-state index in [9.17, 15) is 4.11 Å². The van der Waals surface area contributed by atoms with Gasteiger partial charge < -0.3 is 4.42 Å². The van der Waals surface area contributed by atoms with Gasteiger partial charge in [-0.25, -0.2) is 9.97 Å². The monoisotopic (exact) mass is 665 g/mol. The highest BCUT2D eigenvalue weighted by molar-refractivity contribution is 7.26. The Morgan fingerprint density at radius 1 is 0.520 bits per heavy atom. The number of nitrogens with zero attached hydrogens (tertiary/aromatic N) is 2. The zero-order chi connectivity index (χ0) is 42.3. The Bertz CT molecular complexity index is 3760. The number of aromatic nitrogens is 2. The van der Waals surface area contributed by atoms with E-state index in [-0.39, 0.29) is 43.9 Å². The molecule has 4 heteroatoms. The third kappa shape index (κ3) is 4.03. The van der Waals surface area contributed by atoms with Gasteiger partial charge in [-0.15, -0.1) is 11.3 Å². The standard InChI is InChI=1S/C46H26N2OS/c1-2-13-34-32(11-1)33-12-3-4-14-35(33)39-24-27(19-21-36(34)39)28-20-22-41-40(25-28)44-45(49-41)43(47-26-48-44)30-10-7-9-29(23-30)31-16-8-17-38-37-15-5-6-18-42(37)50-46(31)38/h1-26H/i1D,2D,3D,4D,11D,12D,13D,14D,19D,21D,24D. The molecular formula is C46H26N2OS. The molecule has 0 amide bonds. The second-order valence-electron chi connectivity index (χ2n) is 12.1. The van der Waals surface area contributed by atoms with Gasteiger partial charge in [0.15, 0.2) is 5.58 Å². The smallest absolute Gasteiger partial charge is 0.180 e. The molecular weight excluding hydrogens is 629 g/mol. The molecule has 3 heterocycles. The first kappa shape index (κ1) is 19.0. The van der Waals surface area contributed by atoms with E-state index in [2.05, 4.69) is 52.4 Å². The van der Waals surface area contributed by atoms with E-state index in [1.54, 1.807) is 29.5 Å². The lowest BCUT2D eigenvalue weighted by Gasteiger charge is -2.12. The van der Waals surface area contributed by atoms with Gasteiger partial charge in [0.2, 0.25) is 0 Å². The Morgan fingerprint density at radius 2 is 1.24 bits per heavy atom. The number of furan rings is 1. The lowest BCUT2D eigenvalue weighted by Crippen LogP contribution is -1.88. The first-order valence-electron chi connectivity index (χ1n) is 21.4. The summed E-state index contributed by atoms with van der Waals surface area (Å²) < 4.78 is 106. The van der Waals surface area contributed by atoms with Gasteiger partial charge in [0, 0.05) is 31.1 Å². The van der Waals surface area contributed by atoms with Crippen LogP contribution in [-0.4, -0.2) is 9.97 Å². The van der Waals surface area contributed by atoms with Gasteiger partial charge in [-0.2, -0.15) is 0 Å². The van der Waals surface area contributed by atoms with Crippen LogP contribution in [0.4, 0.5) is 0 Å². The van der Waals surface area contributed by atoms with Crippen molar-refractivity contribution in [1.29, 1.82) is 0 Å². The first-order chi connectivity index (χ1) is 29.4. The quantitative estimate of drug-likeness (QED) is 0.176. The Balaban J connectivity index is 1.13. The Hall–Kier alpha value is -6.36. The molecule has 0 unspecified atom stereocenters. The molecule has 232 valence electrons. The van der Waals surface area contributed by atoms with E-state index in [1.165, 1.54) is 26.5 Å². The van der Waals surface area contributed by atoms with Gasteiger partial charge in [0.1, 0.15) is 23.1 Å². The molecule has 8 aromatic carbocycles. The normalized spacial score (nSPS) is 15.1. The predicted molar refractivity (Wildman–Crippen MR) is 211 cm³/mol. The van der Waals surface area contributed by atoms with Crippen LogP contribution in [0.5, 0.6) is 0 Å². The van der Waals surface area contributed by atoms with Gasteiger partial charge in [0.05, 0.1) is 15.1 Å². The lowest BCUT2D eigenvalue weighted by molar-refractivity contribution is 0.667. The van der Waals surface area contributed by atoms with Crippen LogP contribution in [-0.2, 0) is 0 Å². The molecule has 0 N–H and O–H groups in total. The second-order valence-corrected chi connectivity index (χ2v) is 13.1. The lowest BCUT2D eigenvalue weighted by atomic mass is 9.92. The highest BCUT2D eigenvalue weighted by Gasteiger charge is 2.18. The molecule has 0 fully saturated rings. The molecule has 3 nitrogen and oxygen atoms in total. The minimum Gasteiger partial charge on any atom is -0.452 e. The Morgan fingerprint density at radius 3 is 2.08 bits per heavy atom. The third-order valence-corrected chi connectivity index (χ3v) is 10.5. The van der Waals surface area contributed by atoms with Crippen LogP contribution in [0.1, 0.15) is 15.1 Å². The number of fused-ring (bicyclic) bond motifs is 12. The molecule has 0 aliphatic heterocycles. The Kier molecular flexibility index (Phi) is 4.01. The molecule has 11 rings (SSSR count). The number of hydrogen-bond acceptors (Lipinski definition) is 4. The molecule has 0 saturated heterocycles. The Labute approximate surface area is 306 Å². The van der Waals surface area contributed by atoms with Crippen LogP contribution in [0, 0.1) is 0 Å². The minimum absolute atomic E-state index is 0.0139. The van der Waals surface area contributed by atoms with E-state index in [4.69, 9.17) is 15.4 Å². The van der Waals surface area contributed by atoms with Crippen LogP contribution in [0.25, 0.3) is 108 Å². The van der Waals surface area contributed by atoms with Gasteiger partial charge >= 0.3 is 0 Å². The molecule has 0 spiro atoms. The minimum atomic E-state index is -0.615. The topological polar surface area (TPSA) is 38.9 Å². The van der Waals surface area contributed by atoms with Crippen molar-refractivity contribution in [2.45, 2.75) is 0 Å². The molecule has 0 aliphatic rings. The average Bonchev–Trinajstić information content (AvgIpc) is 3.85. The highest BCUT2D eigenvalue weighted by atomic mass is 32.1. The molecule has 0 aliphatic carbocycles. The zero-order valence-corrected chi connectivity index (χ0v) is 26.7. The predicted octanol–water partition coefficient (Wildman–Crippen LogP) is 13.2. The fourth-order valence-corrected chi connectivity index (χ4v) is 8.28. The first-order valence-corrected chi connectivity index (χ1v) is 16.7. The fourth-order valence-electron chi connectivity index (χ4n) is 7.05. The molecule has 0 saturated carbocycles. The molecule has 0 radical (unpaired) electrons. The summed E-state index contributed by atoms with van der Waals surface area (Å²) in [5, 5.41) is 1.90. The third-order valence-electron chi connectivity index (χ3n) is 9.33. The van der Waals surface area contributed by atoms with Crippen LogP contribution in [0.2, 0.25) is 0 Å². The van der Waals surface area contributed by atoms with Crippen molar-refractivity contribution in [3.8, 4) is 33.5 Å². The van der Waals surface area contributed by atoms with E-state index < -0.39 is 60.4 Å².